The molecule has 5 heteroatoms. The summed E-state index contributed by atoms with van der Waals surface area (Å²) in [6, 6.07) is 11.3. The maximum absolute atomic E-state index is 12.6. The van der Waals surface area contributed by atoms with Gasteiger partial charge in [0.15, 0.2) is 11.5 Å². The number of aryl methyl sites for hydroxylation is 1. The van der Waals surface area contributed by atoms with Gasteiger partial charge in [-0.15, -0.1) is 0 Å². The quantitative estimate of drug-likeness (QED) is 0.656. The van der Waals surface area contributed by atoms with E-state index in [0.29, 0.717) is 12.1 Å². The zero-order valence-corrected chi connectivity index (χ0v) is 14.7. The van der Waals surface area contributed by atoms with Crippen LogP contribution in [0.3, 0.4) is 0 Å². The van der Waals surface area contributed by atoms with Gasteiger partial charge < -0.3 is 9.32 Å². The summed E-state index contributed by atoms with van der Waals surface area (Å²) < 4.78 is 5.73. The topological polar surface area (TPSA) is 59.2 Å². The standard InChI is InChI=1S/C20H23N3O2/c1-3-4-8-19-22-17-14-15(9-10-18(17)25-19)20(24)23(2)13-11-16-7-5-6-12-21-16/h5-7,9-10,12,14H,3-4,8,11,13H2,1-2H3. The summed E-state index contributed by atoms with van der Waals surface area (Å²) >= 11 is 0. The van der Waals surface area contributed by atoms with Crippen LogP contribution in [0.1, 0.15) is 41.7 Å². The molecule has 3 rings (SSSR count). The number of amides is 1. The van der Waals surface area contributed by atoms with Crippen LogP contribution in [0.25, 0.3) is 11.1 Å². The summed E-state index contributed by atoms with van der Waals surface area (Å²) in [7, 11) is 1.81. The van der Waals surface area contributed by atoms with Gasteiger partial charge in [0.05, 0.1) is 0 Å². The second-order valence-corrected chi connectivity index (χ2v) is 6.19. The summed E-state index contributed by atoms with van der Waals surface area (Å²) in [4.78, 5) is 23.1. The van der Waals surface area contributed by atoms with Gasteiger partial charge in [0, 0.05) is 43.9 Å². The van der Waals surface area contributed by atoms with E-state index >= 15 is 0 Å². The third kappa shape index (κ3) is 4.24. The van der Waals surface area contributed by atoms with Crippen molar-refractivity contribution in [3.8, 4) is 0 Å². The SMILES string of the molecule is CCCCc1nc2cc(C(=O)N(C)CCc3ccccn3)ccc2o1. The highest BCUT2D eigenvalue weighted by Crippen LogP contribution is 2.19. The summed E-state index contributed by atoms with van der Waals surface area (Å²) in [6.45, 7) is 2.76. The van der Waals surface area contributed by atoms with Crippen LogP contribution >= 0.6 is 0 Å². The lowest BCUT2D eigenvalue weighted by molar-refractivity contribution is 0.0796. The first-order chi connectivity index (χ1) is 12.2. The minimum absolute atomic E-state index is 0.0176. The number of aromatic nitrogens is 2. The van der Waals surface area contributed by atoms with E-state index in [-0.39, 0.29) is 5.91 Å². The van der Waals surface area contributed by atoms with Gasteiger partial charge in [-0.25, -0.2) is 4.98 Å². The van der Waals surface area contributed by atoms with Crippen molar-refractivity contribution in [1.82, 2.24) is 14.9 Å². The average molecular weight is 337 g/mol. The highest BCUT2D eigenvalue weighted by atomic mass is 16.3. The number of unbranched alkanes of at least 4 members (excludes halogenated alkanes) is 1. The van der Waals surface area contributed by atoms with Crippen LogP contribution < -0.4 is 0 Å². The Labute approximate surface area is 147 Å². The van der Waals surface area contributed by atoms with Gasteiger partial charge in [0.2, 0.25) is 0 Å². The molecule has 1 amide bonds. The number of pyridine rings is 1. The molecule has 0 unspecified atom stereocenters. The van der Waals surface area contributed by atoms with E-state index in [9.17, 15) is 4.79 Å². The van der Waals surface area contributed by atoms with Crippen LogP contribution in [0.5, 0.6) is 0 Å². The Morgan fingerprint density at radius 1 is 1.20 bits per heavy atom. The summed E-state index contributed by atoms with van der Waals surface area (Å²) in [6.07, 6.45) is 5.49. The van der Waals surface area contributed by atoms with E-state index < -0.39 is 0 Å². The predicted octanol–water partition coefficient (Wildman–Crippen LogP) is 3.88. The molecule has 0 aliphatic carbocycles. The first-order valence-corrected chi connectivity index (χ1v) is 8.72. The number of carbonyl (C=O) groups excluding carboxylic acids is 1. The number of nitrogens with zero attached hydrogens (tertiary/aromatic N) is 3. The van der Waals surface area contributed by atoms with Crippen molar-refractivity contribution in [3.63, 3.8) is 0 Å². The molecule has 0 radical (unpaired) electrons. The first kappa shape index (κ1) is 17.1. The highest BCUT2D eigenvalue weighted by Gasteiger charge is 2.14. The monoisotopic (exact) mass is 337 g/mol. The molecular weight excluding hydrogens is 314 g/mol. The number of hydrogen-bond donors (Lipinski definition) is 0. The molecule has 0 saturated heterocycles. The molecule has 0 saturated carbocycles. The van der Waals surface area contributed by atoms with Crippen LogP contribution in [0, 0.1) is 0 Å². The van der Waals surface area contributed by atoms with Crippen LogP contribution in [0.4, 0.5) is 0 Å². The van der Waals surface area contributed by atoms with E-state index in [2.05, 4.69) is 16.9 Å². The van der Waals surface area contributed by atoms with Crippen LogP contribution in [0.2, 0.25) is 0 Å². The van der Waals surface area contributed by atoms with Gasteiger partial charge in [0.25, 0.3) is 5.91 Å². The average Bonchev–Trinajstić information content (AvgIpc) is 3.06. The van der Waals surface area contributed by atoms with Crippen LogP contribution in [-0.2, 0) is 12.8 Å². The van der Waals surface area contributed by atoms with Crippen molar-refractivity contribution < 1.29 is 9.21 Å². The number of benzene rings is 1. The lowest BCUT2D eigenvalue weighted by atomic mass is 10.1. The van der Waals surface area contributed by atoms with Crippen LogP contribution in [-0.4, -0.2) is 34.4 Å². The fourth-order valence-electron chi connectivity index (χ4n) is 2.69. The zero-order valence-electron chi connectivity index (χ0n) is 14.7. The maximum Gasteiger partial charge on any atom is 0.253 e. The Kier molecular flexibility index (Phi) is 5.43. The van der Waals surface area contributed by atoms with Crippen molar-refractivity contribution in [1.29, 1.82) is 0 Å². The van der Waals surface area contributed by atoms with Gasteiger partial charge in [-0.05, 0) is 36.8 Å². The zero-order chi connectivity index (χ0) is 17.6. The van der Waals surface area contributed by atoms with Gasteiger partial charge in [-0.1, -0.05) is 19.4 Å². The minimum Gasteiger partial charge on any atom is -0.441 e. The normalized spacial score (nSPS) is 11.0. The molecule has 0 N–H and O–H groups in total. The van der Waals surface area contributed by atoms with E-state index in [4.69, 9.17) is 4.42 Å². The molecule has 0 aliphatic heterocycles. The van der Waals surface area contributed by atoms with Gasteiger partial charge in [0.1, 0.15) is 5.52 Å². The molecule has 1 aromatic carbocycles. The molecule has 2 aromatic heterocycles. The Morgan fingerprint density at radius 3 is 2.84 bits per heavy atom. The van der Waals surface area contributed by atoms with Gasteiger partial charge in [-0.3, -0.25) is 9.78 Å². The van der Waals surface area contributed by atoms with Crippen molar-refractivity contribution in [2.75, 3.05) is 13.6 Å². The van der Waals surface area contributed by atoms with Crippen molar-refractivity contribution in [3.05, 3.63) is 59.7 Å². The number of oxazole rings is 1. The molecule has 0 aliphatic rings. The lowest BCUT2D eigenvalue weighted by Crippen LogP contribution is -2.28. The Hall–Kier alpha value is -2.69. The molecule has 5 nitrogen and oxygen atoms in total. The molecule has 0 atom stereocenters. The number of likely N-dealkylation sites (N-methyl/N-ethyl adjacent to an activating group) is 1. The fraction of sp³-hybridized carbons (Fsp3) is 0.350. The molecule has 3 aromatic rings. The molecule has 0 fully saturated rings. The van der Waals surface area contributed by atoms with Crippen molar-refractivity contribution >= 4 is 17.0 Å². The van der Waals surface area contributed by atoms with Gasteiger partial charge >= 0.3 is 0 Å². The third-order valence-corrected chi connectivity index (χ3v) is 4.20. The smallest absolute Gasteiger partial charge is 0.253 e. The molecule has 2 heterocycles. The van der Waals surface area contributed by atoms with E-state index in [1.54, 1.807) is 17.2 Å². The van der Waals surface area contributed by atoms with Crippen molar-refractivity contribution in [2.24, 2.45) is 0 Å². The summed E-state index contributed by atoms with van der Waals surface area (Å²) in [5.41, 5.74) is 3.09. The van der Waals surface area contributed by atoms with E-state index in [1.165, 1.54) is 0 Å². The van der Waals surface area contributed by atoms with E-state index in [1.807, 2.05) is 37.4 Å². The Morgan fingerprint density at radius 2 is 2.08 bits per heavy atom. The maximum atomic E-state index is 12.6. The first-order valence-electron chi connectivity index (χ1n) is 8.72. The third-order valence-electron chi connectivity index (χ3n) is 4.20. The molecule has 25 heavy (non-hydrogen) atoms. The minimum atomic E-state index is -0.0176. The van der Waals surface area contributed by atoms with E-state index in [0.717, 1.165) is 48.4 Å². The van der Waals surface area contributed by atoms with Crippen molar-refractivity contribution in [2.45, 2.75) is 32.6 Å². The Bertz CT molecular complexity index is 843. The molecule has 130 valence electrons. The predicted molar refractivity (Wildman–Crippen MR) is 97.5 cm³/mol. The summed E-state index contributed by atoms with van der Waals surface area (Å²) in [5, 5.41) is 0. The fourth-order valence-corrected chi connectivity index (χ4v) is 2.69. The number of fused-ring (bicyclic) bond motifs is 1. The molecule has 0 spiro atoms. The second-order valence-electron chi connectivity index (χ2n) is 6.19. The summed E-state index contributed by atoms with van der Waals surface area (Å²) in [5.74, 6) is 0.723. The largest absolute Gasteiger partial charge is 0.441 e. The molecule has 0 bridgehead atoms. The second kappa shape index (κ2) is 7.92. The van der Waals surface area contributed by atoms with Gasteiger partial charge in [-0.2, -0.15) is 0 Å². The number of hydrogen-bond acceptors (Lipinski definition) is 4. The van der Waals surface area contributed by atoms with Crippen LogP contribution in [0.15, 0.2) is 47.0 Å². The highest BCUT2D eigenvalue weighted by molar-refractivity contribution is 5.97. The molecular formula is C20H23N3O2. The Balaban J connectivity index is 1.68. The lowest BCUT2D eigenvalue weighted by Gasteiger charge is -2.16. The number of carbonyl (C=O) groups is 1. The number of rotatable bonds is 7.